The Morgan fingerprint density at radius 3 is 2.21 bits per heavy atom. The standard InChI is InChI=1S/C44H46Cl2O10/c1-23-19-35(54-41(51)31(23)21-52-39(49)26-5-9-28(45)10-6-26)24(2)32-13-14-33-30-20-38-44(56-38)37(55-40(50)27-7-11-29(46)12-8-27)16-15-36(48)43(44,22-53-25(3)47)34(30)17-18-42(32,33)4/h5-12,15-16,24,30,32-35,37-38H,13-14,17-22H2,1-4H3/t24-,30-,32+,33-,34-,35+,37-,38+,42+,43-,44+/m0/s1. The normalized spacial score (nSPS) is 35.9. The summed E-state index contributed by atoms with van der Waals surface area (Å²) in [7, 11) is 0. The molecule has 0 bridgehead atoms. The molecule has 0 N–H and O–H groups in total. The molecule has 2 aromatic carbocycles. The monoisotopic (exact) mass is 804 g/mol. The summed E-state index contributed by atoms with van der Waals surface area (Å²) in [6, 6.07) is 12.8. The highest BCUT2D eigenvalue weighted by Crippen LogP contribution is 2.73. The summed E-state index contributed by atoms with van der Waals surface area (Å²) < 4.78 is 30.1. The van der Waals surface area contributed by atoms with Gasteiger partial charge < -0.3 is 23.7 Å². The van der Waals surface area contributed by atoms with E-state index in [0.29, 0.717) is 46.0 Å². The highest BCUT2D eigenvalue weighted by Gasteiger charge is 2.83. The van der Waals surface area contributed by atoms with E-state index in [1.807, 2.05) is 6.92 Å². The summed E-state index contributed by atoms with van der Waals surface area (Å²) in [5.74, 6) is -1.74. The van der Waals surface area contributed by atoms with Crippen LogP contribution in [0.3, 0.4) is 0 Å². The molecule has 0 unspecified atom stereocenters. The SMILES string of the molecule is CC(=O)OC[C@]12C(=O)C=C[C@H](OC(=O)c3ccc(Cl)cc3)[C@]13O[C@@H]3C[C@H]1[C@@H]3CC[C@H]([C@H](C)[C@H]4CC(C)=C(COC(=O)c5ccc(Cl)cc5)C(=O)O4)[C@@]3(C)CC[C@@H]12. The molecule has 0 amide bonds. The van der Waals surface area contributed by atoms with Gasteiger partial charge in [0, 0.05) is 23.4 Å². The zero-order valence-electron chi connectivity index (χ0n) is 31.9. The lowest BCUT2D eigenvalue weighted by Crippen LogP contribution is -2.67. The predicted octanol–water partition coefficient (Wildman–Crippen LogP) is 7.93. The Kier molecular flexibility index (Phi) is 10.0. The first-order valence-corrected chi connectivity index (χ1v) is 20.3. The molecular formula is C44H46Cl2O10. The minimum atomic E-state index is -1.22. The molecule has 2 heterocycles. The van der Waals surface area contributed by atoms with Crippen molar-refractivity contribution in [1.29, 1.82) is 0 Å². The number of allylic oxidation sites excluding steroid dienone is 1. The maximum absolute atomic E-state index is 14.4. The number of carbonyl (C=O) groups is 5. The molecule has 296 valence electrons. The van der Waals surface area contributed by atoms with Gasteiger partial charge in [-0.1, -0.05) is 42.6 Å². The van der Waals surface area contributed by atoms with Gasteiger partial charge in [-0.25, -0.2) is 14.4 Å². The third-order valence-corrected chi connectivity index (χ3v) is 14.9. The Balaban J connectivity index is 1.00. The van der Waals surface area contributed by atoms with Gasteiger partial charge in [-0.15, -0.1) is 0 Å². The Morgan fingerprint density at radius 2 is 1.57 bits per heavy atom. The molecule has 8 rings (SSSR count). The van der Waals surface area contributed by atoms with Crippen LogP contribution in [0.2, 0.25) is 10.0 Å². The van der Waals surface area contributed by atoms with Gasteiger partial charge in [0.05, 0.1) is 22.8 Å². The fourth-order valence-electron chi connectivity index (χ4n) is 11.6. The summed E-state index contributed by atoms with van der Waals surface area (Å²) in [6.07, 6.45) is 6.21. The van der Waals surface area contributed by atoms with Gasteiger partial charge in [0.15, 0.2) is 17.5 Å². The number of benzene rings is 2. The molecule has 4 fully saturated rings. The first-order chi connectivity index (χ1) is 26.7. The number of carbonyl (C=O) groups excluding carboxylic acids is 5. The van der Waals surface area contributed by atoms with Crippen LogP contribution in [-0.2, 0) is 38.1 Å². The number of halogens is 2. The first kappa shape index (κ1) is 38.9. The van der Waals surface area contributed by atoms with Gasteiger partial charge in [-0.3, -0.25) is 9.59 Å². The molecule has 1 saturated heterocycles. The fourth-order valence-corrected chi connectivity index (χ4v) is 11.9. The second kappa shape index (κ2) is 14.4. The van der Waals surface area contributed by atoms with Gasteiger partial charge in [0.2, 0.25) is 0 Å². The summed E-state index contributed by atoms with van der Waals surface area (Å²) in [5.41, 5.74) is -0.577. The lowest BCUT2D eigenvalue weighted by molar-refractivity contribution is -0.174. The molecule has 6 aliphatic rings. The molecule has 56 heavy (non-hydrogen) atoms. The lowest BCUT2D eigenvalue weighted by Gasteiger charge is -2.59. The van der Waals surface area contributed by atoms with E-state index < -0.39 is 41.0 Å². The highest BCUT2D eigenvalue weighted by molar-refractivity contribution is 6.31. The zero-order chi connectivity index (χ0) is 39.7. The van der Waals surface area contributed by atoms with E-state index in [1.165, 1.54) is 13.0 Å². The average molecular weight is 806 g/mol. The number of rotatable bonds is 9. The summed E-state index contributed by atoms with van der Waals surface area (Å²) in [4.78, 5) is 66.2. The van der Waals surface area contributed by atoms with E-state index in [9.17, 15) is 24.0 Å². The zero-order valence-corrected chi connectivity index (χ0v) is 33.4. The van der Waals surface area contributed by atoms with Crippen molar-refractivity contribution >= 4 is 52.9 Å². The minimum Gasteiger partial charge on any atom is -0.465 e. The van der Waals surface area contributed by atoms with Crippen molar-refractivity contribution in [1.82, 2.24) is 0 Å². The topological polar surface area (TPSA) is 135 Å². The summed E-state index contributed by atoms with van der Waals surface area (Å²) in [6.45, 7) is 7.44. The third-order valence-electron chi connectivity index (χ3n) is 14.4. The Morgan fingerprint density at radius 1 is 0.911 bits per heavy atom. The molecule has 2 aliphatic heterocycles. The fraction of sp³-hybridized carbons (Fsp3) is 0.523. The van der Waals surface area contributed by atoms with Crippen LogP contribution in [0, 0.1) is 40.4 Å². The van der Waals surface area contributed by atoms with E-state index in [2.05, 4.69) is 13.8 Å². The number of hydrogen-bond donors (Lipinski definition) is 0. The van der Waals surface area contributed by atoms with E-state index >= 15 is 0 Å². The van der Waals surface area contributed by atoms with Crippen molar-refractivity contribution in [2.75, 3.05) is 13.2 Å². The van der Waals surface area contributed by atoms with Crippen LogP contribution in [-0.4, -0.2) is 66.8 Å². The molecule has 12 heteroatoms. The third kappa shape index (κ3) is 6.22. The first-order valence-electron chi connectivity index (χ1n) is 19.5. The number of cyclic esters (lactones) is 1. The Hall–Kier alpha value is -3.99. The molecule has 1 spiro atoms. The largest absolute Gasteiger partial charge is 0.465 e. The van der Waals surface area contributed by atoms with E-state index in [0.717, 1.165) is 24.8 Å². The Bertz CT molecular complexity index is 2020. The molecule has 4 aliphatic carbocycles. The number of ether oxygens (including phenoxy) is 5. The van der Waals surface area contributed by atoms with E-state index in [-0.39, 0.29) is 66.2 Å². The van der Waals surface area contributed by atoms with Crippen LogP contribution in [0.4, 0.5) is 0 Å². The molecule has 11 atom stereocenters. The lowest BCUT2D eigenvalue weighted by atomic mass is 9.44. The number of esters is 4. The second-order valence-electron chi connectivity index (χ2n) is 16.9. The van der Waals surface area contributed by atoms with Crippen LogP contribution in [0.25, 0.3) is 0 Å². The molecule has 3 saturated carbocycles. The van der Waals surface area contributed by atoms with Gasteiger partial charge in [0.1, 0.15) is 24.7 Å². The van der Waals surface area contributed by atoms with Crippen LogP contribution in [0.5, 0.6) is 0 Å². The second-order valence-corrected chi connectivity index (χ2v) is 17.8. The van der Waals surface area contributed by atoms with Crippen molar-refractivity contribution < 1.29 is 47.7 Å². The van der Waals surface area contributed by atoms with Gasteiger partial charge in [-0.2, -0.15) is 0 Å². The smallest absolute Gasteiger partial charge is 0.338 e. The average Bonchev–Trinajstić information content (AvgIpc) is 3.79. The quantitative estimate of drug-likeness (QED) is 0.140. The minimum absolute atomic E-state index is 0.0457. The maximum Gasteiger partial charge on any atom is 0.338 e. The van der Waals surface area contributed by atoms with Gasteiger partial charge in [-0.05, 0) is 135 Å². The highest BCUT2D eigenvalue weighted by atomic mass is 35.5. The molecule has 0 radical (unpaired) electrons. The molecular weight excluding hydrogens is 759 g/mol. The number of epoxide rings is 1. The Labute approximate surface area is 336 Å². The van der Waals surface area contributed by atoms with Crippen LogP contribution in [0.15, 0.2) is 71.8 Å². The van der Waals surface area contributed by atoms with Crippen molar-refractivity contribution in [3.05, 3.63) is 93.0 Å². The number of hydrogen-bond acceptors (Lipinski definition) is 10. The van der Waals surface area contributed by atoms with Crippen LogP contribution < -0.4 is 0 Å². The van der Waals surface area contributed by atoms with Crippen molar-refractivity contribution in [3.63, 3.8) is 0 Å². The van der Waals surface area contributed by atoms with Crippen molar-refractivity contribution in [3.8, 4) is 0 Å². The maximum atomic E-state index is 14.4. The van der Waals surface area contributed by atoms with Gasteiger partial charge >= 0.3 is 23.9 Å². The van der Waals surface area contributed by atoms with E-state index in [4.69, 9.17) is 46.9 Å². The number of fused-ring (bicyclic) bond motifs is 4. The van der Waals surface area contributed by atoms with Crippen molar-refractivity contribution in [2.45, 2.75) is 90.1 Å². The molecule has 2 aromatic rings. The number of ketones is 1. The van der Waals surface area contributed by atoms with Crippen LogP contribution >= 0.6 is 23.2 Å². The molecule has 10 nitrogen and oxygen atoms in total. The van der Waals surface area contributed by atoms with Crippen LogP contribution in [0.1, 0.15) is 86.9 Å². The predicted molar refractivity (Wildman–Crippen MR) is 205 cm³/mol. The van der Waals surface area contributed by atoms with E-state index in [1.54, 1.807) is 54.6 Å². The van der Waals surface area contributed by atoms with Crippen molar-refractivity contribution in [2.24, 2.45) is 40.4 Å². The van der Waals surface area contributed by atoms with Gasteiger partial charge in [0.25, 0.3) is 0 Å². The summed E-state index contributed by atoms with van der Waals surface area (Å²) >= 11 is 12.0. The molecule has 0 aromatic heterocycles. The summed E-state index contributed by atoms with van der Waals surface area (Å²) in [5, 5.41) is 1.00.